The molecule has 0 radical (unpaired) electrons. The van der Waals surface area contributed by atoms with Crippen molar-refractivity contribution in [1.29, 1.82) is 0 Å². The van der Waals surface area contributed by atoms with Crippen LogP contribution >= 0.6 is 0 Å². The molecular weight excluding hydrogens is 254 g/mol. The molecule has 0 amide bonds. The maximum absolute atomic E-state index is 3.67. The minimum Gasteiger partial charge on any atom is -0.314 e. The Kier molecular flexibility index (Phi) is 6.25. The number of hydrogen-bond acceptors (Lipinski definition) is 1. The summed E-state index contributed by atoms with van der Waals surface area (Å²) >= 11 is 0. The summed E-state index contributed by atoms with van der Waals surface area (Å²) in [6.07, 6.45) is 5.06. The summed E-state index contributed by atoms with van der Waals surface area (Å²) in [6.45, 7) is 7.88. The van der Waals surface area contributed by atoms with Gasteiger partial charge in [0.1, 0.15) is 0 Å². The van der Waals surface area contributed by atoms with E-state index < -0.39 is 0 Å². The molecule has 0 aromatic heterocycles. The van der Waals surface area contributed by atoms with Crippen LogP contribution in [0.15, 0.2) is 42.5 Å². The number of benzene rings is 2. The third-order valence-corrected chi connectivity index (χ3v) is 4.17. The molecule has 0 aliphatic carbocycles. The Bertz CT molecular complexity index is 539. The predicted octanol–water partition coefficient (Wildman–Crippen LogP) is 5.19. The van der Waals surface area contributed by atoms with Crippen molar-refractivity contribution in [3.63, 3.8) is 0 Å². The Hall–Kier alpha value is -1.34. The Morgan fingerprint density at radius 2 is 1.71 bits per heavy atom. The van der Waals surface area contributed by atoms with Gasteiger partial charge in [-0.15, -0.1) is 0 Å². The van der Waals surface area contributed by atoms with Crippen LogP contribution in [0.25, 0.3) is 10.8 Å². The number of hydrogen-bond donors (Lipinski definition) is 1. The van der Waals surface area contributed by atoms with E-state index in [9.17, 15) is 0 Å². The van der Waals surface area contributed by atoms with Gasteiger partial charge in [-0.05, 0) is 41.6 Å². The SMILES string of the molecule is CCNC(CCCC(C)C)Cc1cccc2ccccc12. The summed E-state index contributed by atoms with van der Waals surface area (Å²) in [6, 6.07) is 16.0. The fourth-order valence-electron chi connectivity index (χ4n) is 3.07. The summed E-state index contributed by atoms with van der Waals surface area (Å²) in [7, 11) is 0. The number of rotatable bonds is 8. The zero-order chi connectivity index (χ0) is 15.1. The molecule has 2 aromatic carbocycles. The average molecular weight is 283 g/mol. The van der Waals surface area contributed by atoms with Gasteiger partial charge in [0.05, 0.1) is 0 Å². The summed E-state index contributed by atoms with van der Waals surface area (Å²) < 4.78 is 0. The van der Waals surface area contributed by atoms with E-state index in [1.165, 1.54) is 35.6 Å². The average Bonchev–Trinajstić information content (AvgIpc) is 2.47. The van der Waals surface area contributed by atoms with E-state index in [0.717, 1.165) is 18.9 Å². The molecule has 0 fully saturated rings. The largest absolute Gasteiger partial charge is 0.314 e. The van der Waals surface area contributed by atoms with Gasteiger partial charge in [0.2, 0.25) is 0 Å². The van der Waals surface area contributed by atoms with Crippen LogP contribution in [0.3, 0.4) is 0 Å². The molecular formula is C20H29N. The molecule has 0 saturated carbocycles. The summed E-state index contributed by atoms with van der Waals surface area (Å²) in [4.78, 5) is 0. The lowest BCUT2D eigenvalue weighted by molar-refractivity contribution is 0.442. The fourth-order valence-corrected chi connectivity index (χ4v) is 3.07. The third-order valence-electron chi connectivity index (χ3n) is 4.17. The second kappa shape index (κ2) is 8.19. The Morgan fingerprint density at radius 1 is 0.952 bits per heavy atom. The third kappa shape index (κ3) is 4.86. The standard InChI is InChI=1S/C20H29N/c1-4-21-19(13-7-9-16(2)3)15-18-12-8-11-17-10-5-6-14-20(17)18/h5-6,8,10-12,14,16,19,21H,4,7,9,13,15H2,1-3H3. The minimum absolute atomic E-state index is 0.597. The lowest BCUT2D eigenvalue weighted by Gasteiger charge is -2.19. The molecule has 1 N–H and O–H groups in total. The first-order valence-electron chi connectivity index (χ1n) is 8.40. The number of fused-ring (bicyclic) bond motifs is 1. The van der Waals surface area contributed by atoms with Crippen LogP contribution in [0.2, 0.25) is 0 Å². The molecule has 2 rings (SSSR count). The highest BCUT2D eigenvalue weighted by Crippen LogP contribution is 2.21. The van der Waals surface area contributed by atoms with Crippen LogP contribution in [-0.4, -0.2) is 12.6 Å². The van der Waals surface area contributed by atoms with Crippen molar-refractivity contribution in [2.45, 2.75) is 52.5 Å². The summed E-state index contributed by atoms with van der Waals surface area (Å²) in [5, 5.41) is 6.43. The van der Waals surface area contributed by atoms with Gasteiger partial charge in [0, 0.05) is 6.04 Å². The normalized spacial score (nSPS) is 13.0. The van der Waals surface area contributed by atoms with Crippen LogP contribution in [0, 0.1) is 5.92 Å². The molecule has 2 aromatic rings. The number of nitrogens with one attached hydrogen (secondary N) is 1. The molecule has 1 unspecified atom stereocenters. The maximum atomic E-state index is 3.67. The topological polar surface area (TPSA) is 12.0 Å². The van der Waals surface area contributed by atoms with Gasteiger partial charge >= 0.3 is 0 Å². The molecule has 0 heterocycles. The predicted molar refractivity (Wildman–Crippen MR) is 93.8 cm³/mol. The van der Waals surface area contributed by atoms with E-state index in [4.69, 9.17) is 0 Å². The number of likely N-dealkylation sites (N-methyl/N-ethyl adjacent to an activating group) is 1. The molecule has 1 atom stereocenters. The van der Waals surface area contributed by atoms with Crippen molar-refractivity contribution >= 4 is 10.8 Å². The van der Waals surface area contributed by atoms with Crippen LogP contribution in [0.1, 0.15) is 45.6 Å². The van der Waals surface area contributed by atoms with Crippen molar-refractivity contribution in [3.05, 3.63) is 48.0 Å². The van der Waals surface area contributed by atoms with E-state index in [1.54, 1.807) is 0 Å². The molecule has 114 valence electrons. The highest BCUT2D eigenvalue weighted by molar-refractivity contribution is 5.85. The van der Waals surface area contributed by atoms with Crippen molar-refractivity contribution in [1.82, 2.24) is 5.32 Å². The van der Waals surface area contributed by atoms with Gasteiger partial charge in [-0.25, -0.2) is 0 Å². The monoisotopic (exact) mass is 283 g/mol. The van der Waals surface area contributed by atoms with Gasteiger partial charge < -0.3 is 5.32 Å². The minimum atomic E-state index is 0.597. The molecule has 0 aliphatic heterocycles. The van der Waals surface area contributed by atoms with E-state index in [0.29, 0.717) is 6.04 Å². The molecule has 0 spiro atoms. The first kappa shape index (κ1) is 16.0. The first-order chi connectivity index (χ1) is 10.2. The molecule has 1 heteroatoms. The molecule has 21 heavy (non-hydrogen) atoms. The zero-order valence-electron chi connectivity index (χ0n) is 13.7. The van der Waals surface area contributed by atoms with Gasteiger partial charge in [-0.2, -0.15) is 0 Å². The van der Waals surface area contributed by atoms with Crippen molar-refractivity contribution in [2.24, 2.45) is 5.92 Å². The highest BCUT2D eigenvalue weighted by Gasteiger charge is 2.10. The summed E-state index contributed by atoms with van der Waals surface area (Å²) in [5.74, 6) is 0.810. The lowest BCUT2D eigenvalue weighted by Crippen LogP contribution is -2.31. The first-order valence-corrected chi connectivity index (χ1v) is 8.40. The van der Waals surface area contributed by atoms with Crippen molar-refractivity contribution in [2.75, 3.05) is 6.54 Å². The van der Waals surface area contributed by atoms with E-state index in [1.807, 2.05) is 0 Å². The second-order valence-corrected chi connectivity index (χ2v) is 6.42. The van der Waals surface area contributed by atoms with Crippen molar-refractivity contribution in [3.8, 4) is 0 Å². The van der Waals surface area contributed by atoms with Crippen LogP contribution in [0.4, 0.5) is 0 Å². The Morgan fingerprint density at radius 3 is 2.48 bits per heavy atom. The smallest absolute Gasteiger partial charge is 0.0108 e. The molecule has 0 bridgehead atoms. The fraction of sp³-hybridized carbons (Fsp3) is 0.500. The van der Waals surface area contributed by atoms with Crippen LogP contribution in [-0.2, 0) is 6.42 Å². The van der Waals surface area contributed by atoms with Crippen LogP contribution in [0.5, 0.6) is 0 Å². The highest BCUT2D eigenvalue weighted by atomic mass is 14.9. The van der Waals surface area contributed by atoms with E-state index in [-0.39, 0.29) is 0 Å². The quantitative estimate of drug-likeness (QED) is 0.703. The van der Waals surface area contributed by atoms with Gasteiger partial charge in [0.25, 0.3) is 0 Å². The van der Waals surface area contributed by atoms with E-state index in [2.05, 4.69) is 68.6 Å². The zero-order valence-corrected chi connectivity index (χ0v) is 13.7. The lowest BCUT2D eigenvalue weighted by atomic mass is 9.95. The van der Waals surface area contributed by atoms with Crippen LogP contribution < -0.4 is 5.32 Å². The Labute approximate surface area is 129 Å². The van der Waals surface area contributed by atoms with Gasteiger partial charge in [-0.3, -0.25) is 0 Å². The molecule has 0 saturated heterocycles. The van der Waals surface area contributed by atoms with E-state index >= 15 is 0 Å². The summed E-state index contributed by atoms with van der Waals surface area (Å²) in [5.41, 5.74) is 1.48. The van der Waals surface area contributed by atoms with Gasteiger partial charge in [-0.1, -0.05) is 76.1 Å². The molecule has 1 nitrogen and oxygen atoms in total. The maximum Gasteiger partial charge on any atom is 0.0108 e. The molecule has 0 aliphatic rings. The second-order valence-electron chi connectivity index (χ2n) is 6.42. The van der Waals surface area contributed by atoms with Crippen molar-refractivity contribution < 1.29 is 0 Å². The Balaban J connectivity index is 2.07. The van der Waals surface area contributed by atoms with Gasteiger partial charge in [0.15, 0.2) is 0 Å².